The van der Waals surface area contributed by atoms with E-state index in [0.29, 0.717) is 5.56 Å². The third-order valence-corrected chi connectivity index (χ3v) is 14.1. The summed E-state index contributed by atoms with van der Waals surface area (Å²) in [6.45, 7) is 2.05. The maximum atomic E-state index is 14.1. The Morgan fingerprint density at radius 3 is 2.15 bits per heavy atom. The number of aliphatic hydroxyl groups is 8. The number of aliphatic carboxylic acids is 1. The molecule has 25 heteroatoms. The Morgan fingerprint density at radius 1 is 0.803 bits per heavy atom. The smallest absolute Gasteiger partial charge is 0.332 e. The summed E-state index contributed by atoms with van der Waals surface area (Å²) in [5, 5.41) is 112. The molecule has 4 heterocycles. The number of ether oxygens (including phenoxy) is 7. The summed E-state index contributed by atoms with van der Waals surface area (Å²) in [6.07, 6.45) is -18.2. The SMILES string of the molecule is CC(=O)NC1CC(CO[C@H]2OC(CO)[C@@H](O)C(n3cc(-c4cccc(F)c4)nn3)C2O)C[C@@H](O[C@@H]2OC(CO)[C@H](O)C(O[C@@H](CC3CCCCC3)C(=O)O)C2NC(C)=O)C1O[C@@H]1OC(C)[C@@H](O)C(O)C1O. The first-order valence-corrected chi connectivity index (χ1v) is 24.2. The third-order valence-electron chi connectivity index (χ3n) is 14.1. The Hall–Kier alpha value is -3.90. The molecule has 3 saturated heterocycles. The van der Waals surface area contributed by atoms with Crippen molar-refractivity contribution in [3.63, 3.8) is 0 Å². The number of rotatable bonds is 18. The second-order valence-corrected chi connectivity index (χ2v) is 19.3. The lowest BCUT2D eigenvalue weighted by Gasteiger charge is -2.49. The molecule has 398 valence electrons. The van der Waals surface area contributed by atoms with Crippen LogP contribution in [0.15, 0.2) is 30.5 Å². The van der Waals surface area contributed by atoms with Crippen molar-refractivity contribution in [2.45, 2.75) is 188 Å². The van der Waals surface area contributed by atoms with Crippen molar-refractivity contribution in [1.82, 2.24) is 25.6 Å². The maximum Gasteiger partial charge on any atom is 0.332 e. The lowest BCUT2D eigenvalue weighted by molar-refractivity contribution is -0.337. The van der Waals surface area contributed by atoms with E-state index >= 15 is 0 Å². The molecule has 1 aromatic heterocycles. The zero-order chi connectivity index (χ0) is 51.3. The van der Waals surface area contributed by atoms with Gasteiger partial charge in [-0.15, -0.1) is 5.10 Å². The monoisotopic (exact) mass is 1010 g/mol. The minimum atomic E-state index is -1.81. The Kier molecular flexibility index (Phi) is 18.9. The zero-order valence-corrected chi connectivity index (χ0v) is 39.6. The van der Waals surface area contributed by atoms with Gasteiger partial charge in [-0.25, -0.2) is 13.9 Å². The molecule has 2 aromatic rings. The second-order valence-electron chi connectivity index (χ2n) is 19.3. The molecule has 3 aliphatic heterocycles. The number of hydrogen-bond donors (Lipinski definition) is 11. The van der Waals surface area contributed by atoms with Crippen LogP contribution >= 0.6 is 0 Å². The first-order valence-electron chi connectivity index (χ1n) is 24.2. The number of hydrogen-bond acceptors (Lipinski definition) is 20. The van der Waals surface area contributed by atoms with Gasteiger partial charge in [-0.05, 0) is 50.2 Å². The van der Waals surface area contributed by atoms with Crippen molar-refractivity contribution in [1.29, 1.82) is 0 Å². The van der Waals surface area contributed by atoms with Crippen LogP contribution in [0.5, 0.6) is 0 Å². The number of halogens is 1. The molecular formula is C46H68FN5O19. The molecule has 71 heavy (non-hydrogen) atoms. The fourth-order valence-electron chi connectivity index (χ4n) is 10.4. The van der Waals surface area contributed by atoms with Crippen LogP contribution in [0.4, 0.5) is 4.39 Å². The molecule has 2 amide bonds. The van der Waals surface area contributed by atoms with Crippen LogP contribution < -0.4 is 10.6 Å². The van der Waals surface area contributed by atoms with Crippen molar-refractivity contribution in [2.24, 2.45) is 11.8 Å². The van der Waals surface area contributed by atoms with E-state index in [1.165, 1.54) is 45.2 Å². The van der Waals surface area contributed by atoms with Crippen LogP contribution in [0.3, 0.4) is 0 Å². The van der Waals surface area contributed by atoms with E-state index in [2.05, 4.69) is 20.9 Å². The van der Waals surface area contributed by atoms with Gasteiger partial charge in [0, 0.05) is 19.4 Å². The molecule has 5 aliphatic rings. The molecule has 2 aliphatic carbocycles. The van der Waals surface area contributed by atoms with Crippen LogP contribution in [0, 0.1) is 17.7 Å². The molecule has 2 saturated carbocycles. The van der Waals surface area contributed by atoms with Crippen LogP contribution in [-0.4, -0.2) is 209 Å². The third kappa shape index (κ3) is 13.1. The van der Waals surface area contributed by atoms with Gasteiger partial charge in [-0.3, -0.25) is 9.59 Å². The van der Waals surface area contributed by atoms with E-state index in [4.69, 9.17) is 33.2 Å². The summed E-state index contributed by atoms with van der Waals surface area (Å²) in [6, 6.07) is 1.77. The predicted octanol–water partition coefficient (Wildman–Crippen LogP) is -2.01. The summed E-state index contributed by atoms with van der Waals surface area (Å²) >= 11 is 0. The summed E-state index contributed by atoms with van der Waals surface area (Å²) < 4.78 is 58.4. The first-order chi connectivity index (χ1) is 33.9. The highest BCUT2D eigenvalue weighted by atomic mass is 19.1. The summed E-state index contributed by atoms with van der Waals surface area (Å²) in [4.78, 5) is 38.5. The fraction of sp³-hybridized carbons (Fsp3) is 0.761. The lowest BCUT2D eigenvalue weighted by Crippen LogP contribution is -2.68. The Labute approximate surface area is 408 Å². The largest absolute Gasteiger partial charge is 0.479 e. The maximum absolute atomic E-state index is 14.1. The average molecular weight is 1010 g/mol. The summed E-state index contributed by atoms with van der Waals surface area (Å²) in [7, 11) is 0. The minimum Gasteiger partial charge on any atom is -0.479 e. The molecule has 24 nitrogen and oxygen atoms in total. The van der Waals surface area contributed by atoms with E-state index < -0.39 is 159 Å². The average Bonchev–Trinajstić information content (AvgIpc) is 3.82. The normalized spacial score (nSPS) is 38.6. The molecular weight excluding hydrogens is 946 g/mol. The summed E-state index contributed by atoms with van der Waals surface area (Å²) in [5.41, 5.74) is 0.583. The van der Waals surface area contributed by atoms with Gasteiger partial charge in [0.1, 0.15) is 84.6 Å². The number of carboxylic acids is 1. The van der Waals surface area contributed by atoms with Crippen molar-refractivity contribution in [3.05, 3.63) is 36.3 Å². The number of nitrogens with one attached hydrogen (secondary N) is 2. The number of nitrogens with zero attached hydrogens (tertiary/aromatic N) is 3. The van der Waals surface area contributed by atoms with Gasteiger partial charge in [-0.1, -0.05) is 49.5 Å². The van der Waals surface area contributed by atoms with E-state index in [-0.39, 0.29) is 37.5 Å². The number of carbonyl (C=O) groups is 3. The number of aliphatic hydroxyl groups excluding tert-OH is 8. The van der Waals surface area contributed by atoms with Crippen molar-refractivity contribution in [2.75, 3.05) is 19.8 Å². The number of carboxylic acid groups (broad SMARTS) is 1. The minimum absolute atomic E-state index is 0.0132. The van der Waals surface area contributed by atoms with Gasteiger partial charge in [-0.2, -0.15) is 0 Å². The van der Waals surface area contributed by atoms with Gasteiger partial charge in [0.2, 0.25) is 11.8 Å². The van der Waals surface area contributed by atoms with Crippen molar-refractivity contribution in [3.8, 4) is 11.3 Å². The van der Waals surface area contributed by atoms with Crippen LogP contribution in [-0.2, 0) is 47.5 Å². The van der Waals surface area contributed by atoms with Gasteiger partial charge in [0.05, 0.1) is 44.3 Å². The molecule has 5 fully saturated rings. The Bertz CT molecular complexity index is 2070. The molecule has 0 radical (unpaired) electrons. The molecule has 1 aromatic carbocycles. The van der Waals surface area contributed by atoms with Crippen LogP contribution in [0.1, 0.15) is 78.2 Å². The topological polar surface area (TPSA) is 353 Å². The molecule has 0 bridgehead atoms. The van der Waals surface area contributed by atoms with E-state index in [9.17, 15) is 64.7 Å². The fourth-order valence-corrected chi connectivity index (χ4v) is 10.4. The highest BCUT2D eigenvalue weighted by Gasteiger charge is 2.54. The highest BCUT2D eigenvalue weighted by molar-refractivity contribution is 5.74. The Balaban J connectivity index is 1.18. The van der Waals surface area contributed by atoms with E-state index in [0.717, 1.165) is 36.8 Å². The zero-order valence-electron chi connectivity index (χ0n) is 39.6. The van der Waals surface area contributed by atoms with Gasteiger partial charge < -0.3 is 89.8 Å². The molecule has 0 spiro atoms. The van der Waals surface area contributed by atoms with Gasteiger partial charge in [0.25, 0.3) is 0 Å². The van der Waals surface area contributed by atoms with Crippen molar-refractivity contribution < 1.29 is 97.9 Å². The van der Waals surface area contributed by atoms with Gasteiger partial charge >= 0.3 is 5.97 Å². The van der Waals surface area contributed by atoms with Gasteiger partial charge in [0.15, 0.2) is 25.0 Å². The number of amides is 2. The second kappa shape index (κ2) is 24.4. The number of benzene rings is 1. The molecule has 11 N–H and O–H groups in total. The molecule has 12 unspecified atom stereocenters. The number of carbonyl (C=O) groups excluding carboxylic acids is 2. The number of aromatic nitrogens is 3. The highest BCUT2D eigenvalue weighted by Crippen LogP contribution is 2.38. The van der Waals surface area contributed by atoms with Crippen molar-refractivity contribution >= 4 is 17.8 Å². The predicted molar refractivity (Wildman–Crippen MR) is 237 cm³/mol. The molecule has 7 rings (SSSR count). The van der Waals surface area contributed by atoms with Crippen LogP contribution in [0.25, 0.3) is 11.3 Å². The standard InChI is InChI=1S/C46H68FN5O19/c1-20-35(57)39(61)40(62)46(66-20)71-41-27(48-21(2)55)12-24(19-65-45-38(60)34(36(58)31(17-53)70-45)52-16-28(50-51-52)25-10-7-11-26(47)15-25)14-29(41)68-44-33(49-22(3)56)42(37(59)32(18-54)69-44)67-30(43(63)64)13-23-8-5-4-6-9-23/h7,10-11,15-16,20,23-24,27,29-42,44-46,53-54,57-62H,4-6,8-9,12-14,17-19H2,1-3H3,(H,48,55)(H,49,56)(H,63,64)/t20?,24?,27?,29-,30+,31?,32?,33?,34?,35-,36-,37+,38?,39?,40?,41?,42?,44-,45+,46+/m1/s1. The van der Waals surface area contributed by atoms with E-state index in [1.54, 1.807) is 6.07 Å². The molecule has 20 atom stereocenters. The first kappa shape index (κ1) is 54.9. The van der Waals surface area contributed by atoms with Crippen LogP contribution in [0.2, 0.25) is 0 Å². The summed E-state index contributed by atoms with van der Waals surface area (Å²) in [5.74, 6) is -3.69. The lowest BCUT2D eigenvalue weighted by atomic mass is 9.81. The Morgan fingerprint density at radius 2 is 1.49 bits per heavy atom. The quantitative estimate of drug-likeness (QED) is 0.0768. The van der Waals surface area contributed by atoms with E-state index in [1.807, 2.05) is 0 Å².